The maximum Gasteiger partial charge on any atom is 0.246 e. The summed E-state index contributed by atoms with van der Waals surface area (Å²) in [6.45, 7) is 6.44. The highest BCUT2D eigenvalue weighted by Gasteiger charge is 2.30. The van der Waals surface area contributed by atoms with Gasteiger partial charge in [-0.25, -0.2) is 4.39 Å². The minimum Gasteiger partial charge on any atom is -0.334 e. The van der Waals surface area contributed by atoms with Crippen molar-refractivity contribution in [1.29, 1.82) is 0 Å². The monoisotopic (exact) mass is 508 g/mol. The molecule has 1 aliphatic rings. The number of carbonyl (C=O) groups is 1. The van der Waals surface area contributed by atoms with Crippen molar-refractivity contribution in [3.05, 3.63) is 74.4 Å². The van der Waals surface area contributed by atoms with Gasteiger partial charge in [-0.1, -0.05) is 18.2 Å². The SMILES string of the molecule is CC1CN(C(=O)C=Cc2ccc(Br)c(Br)c2)C(C)CN1Cc1ccc(F)cc1. The smallest absolute Gasteiger partial charge is 0.246 e. The highest BCUT2D eigenvalue weighted by molar-refractivity contribution is 9.13. The summed E-state index contributed by atoms with van der Waals surface area (Å²) >= 11 is 6.93. The van der Waals surface area contributed by atoms with E-state index in [4.69, 9.17) is 0 Å². The lowest BCUT2D eigenvalue weighted by Gasteiger charge is -2.44. The minimum absolute atomic E-state index is 0.0276. The number of hydrogen-bond donors (Lipinski definition) is 0. The van der Waals surface area contributed by atoms with Gasteiger partial charge in [0.25, 0.3) is 0 Å². The van der Waals surface area contributed by atoms with Crippen LogP contribution in [-0.2, 0) is 11.3 Å². The van der Waals surface area contributed by atoms with E-state index >= 15 is 0 Å². The molecule has 148 valence electrons. The summed E-state index contributed by atoms with van der Waals surface area (Å²) < 4.78 is 15.1. The van der Waals surface area contributed by atoms with Crippen LogP contribution in [0.4, 0.5) is 4.39 Å². The van der Waals surface area contributed by atoms with Crippen molar-refractivity contribution >= 4 is 43.8 Å². The average Bonchev–Trinajstić information content (AvgIpc) is 2.67. The molecular weight excluding hydrogens is 487 g/mol. The molecule has 1 amide bonds. The van der Waals surface area contributed by atoms with Gasteiger partial charge in [-0.15, -0.1) is 0 Å². The molecule has 0 aliphatic carbocycles. The zero-order valence-corrected chi connectivity index (χ0v) is 19.1. The van der Waals surface area contributed by atoms with Crippen LogP contribution in [-0.4, -0.2) is 40.9 Å². The fourth-order valence-corrected chi connectivity index (χ4v) is 4.07. The fraction of sp³-hybridized carbons (Fsp3) is 0.318. The second-order valence-corrected chi connectivity index (χ2v) is 8.96. The Labute approximate surface area is 182 Å². The van der Waals surface area contributed by atoms with Crippen LogP contribution in [0.2, 0.25) is 0 Å². The van der Waals surface area contributed by atoms with Crippen molar-refractivity contribution in [1.82, 2.24) is 9.80 Å². The van der Waals surface area contributed by atoms with Crippen LogP contribution in [0.1, 0.15) is 25.0 Å². The van der Waals surface area contributed by atoms with Gasteiger partial charge in [0, 0.05) is 46.7 Å². The van der Waals surface area contributed by atoms with Crippen molar-refractivity contribution in [2.75, 3.05) is 13.1 Å². The summed E-state index contributed by atoms with van der Waals surface area (Å²) in [7, 11) is 0. The van der Waals surface area contributed by atoms with Gasteiger partial charge in [-0.3, -0.25) is 9.69 Å². The Balaban J connectivity index is 1.62. The zero-order chi connectivity index (χ0) is 20.3. The van der Waals surface area contributed by atoms with Gasteiger partial charge in [0.1, 0.15) is 5.82 Å². The Hall–Kier alpha value is -1.50. The third kappa shape index (κ3) is 5.31. The fourth-order valence-electron chi connectivity index (χ4n) is 3.43. The van der Waals surface area contributed by atoms with Gasteiger partial charge in [-0.2, -0.15) is 0 Å². The Morgan fingerprint density at radius 2 is 1.79 bits per heavy atom. The molecular formula is C22H23Br2FN2O. The van der Waals surface area contributed by atoms with E-state index < -0.39 is 0 Å². The van der Waals surface area contributed by atoms with Crippen LogP contribution in [0.15, 0.2) is 57.5 Å². The van der Waals surface area contributed by atoms with Gasteiger partial charge >= 0.3 is 0 Å². The number of nitrogens with zero attached hydrogens (tertiary/aromatic N) is 2. The molecule has 0 aromatic heterocycles. The third-order valence-electron chi connectivity index (χ3n) is 5.06. The maximum absolute atomic E-state index is 13.1. The molecule has 0 bridgehead atoms. The second kappa shape index (κ2) is 9.33. The molecule has 3 rings (SSSR count). The van der Waals surface area contributed by atoms with E-state index in [1.165, 1.54) is 12.1 Å². The number of piperazine rings is 1. The Kier molecular flexibility index (Phi) is 7.07. The molecule has 1 aliphatic heterocycles. The predicted octanol–water partition coefficient (Wildman–Crippen LogP) is 5.49. The van der Waals surface area contributed by atoms with Crippen molar-refractivity contribution < 1.29 is 9.18 Å². The van der Waals surface area contributed by atoms with E-state index in [2.05, 4.69) is 50.6 Å². The van der Waals surface area contributed by atoms with Crippen molar-refractivity contribution in [3.8, 4) is 0 Å². The molecule has 0 N–H and O–H groups in total. The summed E-state index contributed by atoms with van der Waals surface area (Å²) in [6.07, 6.45) is 3.50. The first-order valence-electron chi connectivity index (χ1n) is 9.25. The largest absolute Gasteiger partial charge is 0.334 e. The molecule has 2 unspecified atom stereocenters. The normalized spacial score (nSPS) is 20.7. The maximum atomic E-state index is 13.1. The Morgan fingerprint density at radius 3 is 2.46 bits per heavy atom. The van der Waals surface area contributed by atoms with Gasteiger partial charge in [0.15, 0.2) is 0 Å². The molecule has 28 heavy (non-hydrogen) atoms. The summed E-state index contributed by atoms with van der Waals surface area (Å²) in [5, 5.41) is 0. The third-order valence-corrected chi connectivity index (χ3v) is 6.94. The van der Waals surface area contributed by atoms with Crippen molar-refractivity contribution in [2.24, 2.45) is 0 Å². The number of hydrogen-bond acceptors (Lipinski definition) is 2. The van der Waals surface area contributed by atoms with Crippen LogP contribution < -0.4 is 0 Å². The van der Waals surface area contributed by atoms with E-state index in [1.54, 1.807) is 6.08 Å². The molecule has 2 atom stereocenters. The quantitative estimate of drug-likeness (QED) is 0.509. The van der Waals surface area contributed by atoms with Gasteiger partial charge in [-0.05, 0) is 87.2 Å². The lowest BCUT2D eigenvalue weighted by Crippen LogP contribution is -2.57. The average molecular weight is 510 g/mol. The van der Waals surface area contributed by atoms with E-state index in [0.717, 1.165) is 33.2 Å². The second-order valence-electron chi connectivity index (χ2n) is 7.25. The number of amides is 1. The molecule has 1 heterocycles. The summed E-state index contributed by atoms with van der Waals surface area (Å²) in [6, 6.07) is 12.9. The van der Waals surface area contributed by atoms with E-state index in [9.17, 15) is 9.18 Å². The van der Waals surface area contributed by atoms with Crippen LogP contribution in [0.5, 0.6) is 0 Å². The highest BCUT2D eigenvalue weighted by atomic mass is 79.9. The Bertz CT molecular complexity index is 869. The summed E-state index contributed by atoms with van der Waals surface area (Å²) in [5.41, 5.74) is 2.06. The zero-order valence-electron chi connectivity index (χ0n) is 15.9. The van der Waals surface area contributed by atoms with Gasteiger partial charge in [0.2, 0.25) is 5.91 Å². The standard InChI is InChI=1S/C22H23Br2FN2O/c1-15-13-27(22(28)10-6-17-5-9-20(23)21(24)11-17)16(2)12-26(15)14-18-3-7-19(25)8-4-18/h3-11,15-16H,12-14H2,1-2H3. The molecule has 0 radical (unpaired) electrons. The topological polar surface area (TPSA) is 23.6 Å². The summed E-state index contributed by atoms with van der Waals surface area (Å²) in [5.74, 6) is -0.190. The first kappa shape index (κ1) is 21.2. The van der Waals surface area contributed by atoms with Crippen molar-refractivity contribution in [3.63, 3.8) is 0 Å². The van der Waals surface area contributed by atoms with Gasteiger partial charge < -0.3 is 4.90 Å². The number of carbonyl (C=O) groups excluding carboxylic acids is 1. The molecule has 0 saturated carbocycles. The van der Waals surface area contributed by atoms with Crippen LogP contribution >= 0.6 is 31.9 Å². The molecule has 1 fully saturated rings. The van der Waals surface area contributed by atoms with E-state index in [1.807, 2.05) is 41.3 Å². The molecule has 2 aromatic carbocycles. The molecule has 1 saturated heterocycles. The van der Waals surface area contributed by atoms with Gasteiger partial charge in [0.05, 0.1) is 0 Å². The first-order chi connectivity index (χ1) is 13.3. The molecule has 0 spiro atoms. The van der Waals surface area contributed by atoms with E-state index in [-0.39, 0.29) is 23.8 Å². The first-order valence-corrected chi connectivity index (χ1v) is 10.8. The molecule has 2 aromatic rings. The number of halogens is 3. The van der Waals surface area contributed by atoms with Crippen LogP contribution in [0, 0.1) is 5.82 Å². The lowest BCUT2D eigenvalue weighted by molar-refractivity contribution is -0.131. The highest BCUT2D eigenvalue weighted by Crippen LogP contribution is 2.24. The lowest BCUT2D eigenvalue weighted by atomic mass is 10.1. The van der Waals surface area contributed by atoms with Crippen molar-refractivity contribution in [2.45, 2.75) is 32.5 Å². The minimum atomic E-state index is -0.217. The molecule has 6 heteroatoms. The Morgan fingerprint density at radius 1 is 1.07 bits per heavy atom. The summed E-state index contributed by atoms with van der Waals surface area (Å²) in [4.78, 5) is 17.0. The van der Waals surface area contributed by atoms with Crippen LogP contribution in [0.25, 0.3) is 6.08 Å². The predicted molar refractivity (Wildman–Crippen MR) is 118 cm³/mol. The number of benzene rings is 2. The van der Waals surface area contributed by atoms with Crippen LogP contribution in [0.3, 0.4) is 0 Å². The van der Waals surface area contributed by atoms with E-state index in [0.29, 0.717) is 6.54 Å². The number of rotatable bonds is 4. The molecule has 3 nitrogen and oxygen atoms in total.